The van der Waals surface area contributed by atoms with Crippen molar-refractivity contribution in [2.24, 2.45) is 0 Å². The first-order chi connectivity index (χ1) is 12.7. The first-order valence-corrected chi connectivity index (χ1v) is 8.26. The minimum absolute atomic E-state index is 0.353. The van der Waals surface area contributed by atoms with Crippen molar-refractivity contribution in [1.82, 2.24) is 10.3 Å². The van der Waals surface area contributed by atoms with E-state index in [0.717, 1.165) is 16.7 Å². The molecule has 0 fully saturated rings. The number of pyridine rings is 1. The molecule has 0 aliphatic rings. The van der Waals surface area contributed by atoms with Gasteiger partial charge in [0, 0.05) is 30.4 Å². The van der Waals surface area contributed by atoms with Crippen LogP contribution in [0.25, 0.3) is 10.9 Å². The van der Waals surface area contributed by atoms with E-state index >= 15 is 0 Å². The number of carbonyl (C=O) groups excluding carboxylic acids is 2. The highest BCUT2D eigenvalue weighted by atomic mass is 16.5. The van der Waals surface area contributed by atoms with Crippen molar-refractivity contribution in [3.63, 3.8) is 0 Å². The van der Waals surface area contributed by atoms with E-state index in [1.165, 1.54) is 0 Å². The van der Waals surface area contributed by atoms with Crippen LogP contribution >= 0.6 is 0 Å². The number of ether oxygens (including phenoxy) is 1. The molecule has 0 unspecified atom stereocenters. The molecule has 0 spiro atoms. The van der Waals surface area contributed by atoms with E-state index in [4.69, 9.17) is 9.15 Å². The number of amides is 2. The second kappa shape index (κ2) is 8.77. The molecule has 2 N–H and O–H groups in total. The van der Waals surface area contributed by atoms with Crippen molar-refractivity contribution in [2.45, 2.75) is 13.0 Å². The lowest BCUT2D eigenvalue weighted by molar-refractivity contribution is -0.136. The fourth-order valence-corrected chi connectivity index (χ4v) is 2.37. The molecule has 2 amide bonds. The van der Waals surface area contributed by atoms with Gasteiger partial charge in [0.1, 0.15) is 12.4 Å². The number of anilines is 1. The Morgan fingerprint density at radius 1 is 1.12 bits per heavy atom. The van der Waals surface area contributed by atoms with Gasteiger partial charge in [-0.3, -0.25) is 14.6 Å². The van der Waals surface area contributed by atoms with Crippen LogP contribution in [0.4, 0.5) is 5.69 Å². The maximum absolute atomic E-state index is 11.9. The molecule has 0 aliphatic carbocycles. The third-order valence-corrected chi connectivity index (χ3v) is 3.64. The van der Waals surface area contributed by atoms with Crippen molar-refractivity contribution in [3.8, 4) is 0 Å². The van der Waals surface area contributed by atoms with E-state index in [0.29, 0.717) is 31.9 Å². The highest BCUT2D eigenvalue weighted by molar-refractivity contribution is 6.39. The summed E-state index contributed by atoms with van der Waals surface area (Å²) in [6.07, 6.45) is 3.89. The molecular weight excluding hydrogens is 334 g/mol. The number of furan rings is 1. The lowest BCUT2D eigenvalue weighted by atomic mass is 10.2. The maximum Gasteiger partial charge on any atom is 0.313 e. The van der Waals surface area contributed by atoms with E-state index in [1.54, 1.807) is 36.7 Å². The number of aromatic nitrogens is 1. The molecule has 0 atom stereocenters. The average molecular weight is 353 g/mol. The van der Waals surface area contributed by atoms with Gasteiger partial charge in [-0.25, -0.2) is 0 Å². The van der Waals surface area contributed by atoms with Crippen LogP contribution in [0.5, 0.6) is 0 Å². The minimum atomic E-state index is -0.704. The number of carbonyl (C=O) groups is 2. The number of nitrogens with zero attached hydrogens (tertiary/aromatic N) is 1. The van der Waals surface area contributed by atoms with Crippen LogP contribution in [0.2, 0.25) is 0 Å². The minimum Gasteiger partial charge on any atom is -0.467 e. The van der Waals surface area contributed by atoms with Gasteiger partial charge in [-0.05, 0) is 42.8 Å². The lowest BCUT2D eigenvalue weighted by Crippen LogP contribution is -2.36. The molecule has 3 rings (SSSR count). The largest absolute Gasteiger partial charge is 0.467 e. The molecule has 2 aromatic heterocycles. The highest BCUT2D eigenvalue weighted by Crippen LogP contribution is 2.16. The Kier molecular flexibility index (Phi) is 5.95. The van der Waals surface area contributed by atoms with Gasteiger partial charge in [0.2, 0.25) is 0 Å². The van der Waals surface area contributed by atoms with Gasteiger partial charge in [0.05, 0.1) is 11.8 Å². The van der Waals surface area contributed by atoms with Crippen LogP contribution in [0.15, 0.2) is 59.3 Å². The van der Waals surface area contributed by atoms with Crippen LogP contribution in [-0.2, 0) is 20.9 Å². The molecule has 0 saturated heterocycles. The molecular formula is C19H19N3O4. The number of hydrogen-bond donors (Lipinski definition) is 2. The Labute approximate surface area is 150 Å². The van der Waals surface area contributed by atoms with Crippen LogP contribution in [0.1, 0.15) is 12.2 Å². The third kappa shape index (κ3) is 4.90. The molecule has 3 aromatic rings. The summed E-state index contributed by atoms with van der Waals surface area (Å²) in [6, 6.07) is 12.6. The first-order valence-electron chi connectivity index (χ1n) is 8.26. The van der Waals surface area contributed by atoms with Crippen molar-refractivity contribution in [2.75, 3.05) is 18.5 Å². The average Bonchev–Trinajstić information content (AvgIpc) is 3.17. The number of hydrogen-bond acceptors (Lipinski definition) is 5. The molecule has 0 bridgehead atoms. The predicted molar refractivity (Wildman–Crippen MR) is 96.4 cm³/mol. The normalized spacial score (nSPS) is 10.6. The van der Waals surface area contributed by atoms with Gasteiger partial charge in [0.25, 0.3) is 0 Å². The summed E-state index contributed by atoms with van der Waals surface area (Å²) >= 11 is 0. The van der Waals surface area contributed by atoms with Crippen molar-refractivity contribution >= 4 is 28.4 Å². The Balaban J connectivity index is 1.37. The van der Waals surface area contributed by atoms with Crippen molar-refractivity contribution < 1.29 is 18.7 Å². The first kappa shape index (κ1) is 17.6. The van der Waals surface area contributed by atoms with Crippen LogP contribution in [0.3, 0.4) is 0 Å². The molecule has 0 aliphatic heterocycles. The zero-order chi connectivity index (χ0) is 18.2. The van der Waals surface area contributed by atoms with Crippen LogP contribution < -0.4 is 10.6 Å². The number of nitrogens with one attached hydrogen (secondary N) is 2. The van der Waals surface area contributed by atoms with Gasteiger partial charge in [-0.1, -0.05) is 6.07 Å². The van der Waals surface area contributed by atoms with E-state index in [9.17, 15) is 9.59 Å². The maximum atomic E-state index is 11.9. The topological polar surface area (TPSA) is 93.5 Å². The van der Waals surface area contributed by atoms with Gasteiger partial charge in [-0.2, -0.15) is 0 Å². The second-order valence-electron chi connectivity index (χ2n) is 5.61. The fraction of sp³-hybridized carbons (Fsp3) is 0.211. The molecule has 7 nitrogen and oxygen atoms in total. The SMILES string of the molecule is O=C(NCCCOCc1ccco1)C(=O)Nc1ccc2ncccc2c1. The quantitative estimate of drug-likeness (QED) is 0.503. The van der Waals surface area contributed by atoms with Crippen LogP contribution in [-0.4, -0.2) is 29.9 Å². The van der Waals surface area contributed by atoms with E-state index < -0.39 is 11.8 Å². The number of rotatable bonds is 7. The molecule has 0 radical (unpaired) electrons. The molecule has 2 heterocycles. The fourth-order valence-electron chi connectivity index (χ4n) is 2.37. The molecule has 134 valence electrons. The third-order valence-electron chi connectivity index (χ3n) is 3.64. The predicted octanol–water partition coefficient (Wildman–Crippen LogP) is 2.49. The summed E-state index contributed by atoms with van der Waals surface area (Å²) in [5, 5.41) is 6.04. The number of fused-ring (bicyclic) bond motifs is 1. The smallest absolute Gasteiger partial charge is 0.313 e. The van der Waals surface area contributed by atoms with Gasteiger partial charge >= 0.3 is 11.8 Å². The molecule has 0 saturated carbocycles. The van der Waals surface area contributed by atoms with Gasteiger partial charge in [-0.15, -0.1) is 0 Å². The Hall–Kier alpha value is -3.19. The Bertz CT molecular complexity index is 877. The van der Waals surface area contributed by atoms with Crippen molar-refractivity contribution in [1.29, 1.82) is 0 Å². The summed E-state index contributed by atoms with van der Waals surface area (Å²) in [5.41, 5.74) is 1.37. The second-order valence-corrected chi connectivity index (χ2v) is 5.61. The van der Waals surface area contributed by atoms with Gasteiger partial charge in [0.15, 0.2) is 0 Å². The monoisotopic (exact) mass is 353 g/mol. The summed E-state index contributed by atoms with van der Waals surface area (Å²) in [5.74, 6) is -0.633. The zero-order valence-corrected chi connectivity index (χ0v) is 14.1. The Morgan fingerprint density at radius 3 is 2.88 bits per heavy atom. The van der Waals surface area contributed by atoms with Crippen molar-refractivity contribution in [3.05, 3.63) is 60.7 Å². The summed E-state index contributed by atoms with van der Waals surface area (Å²) in [7, 11) is 0. The summed E-state index contributed by atoms with van der Waals surface area (Å²) < 4.78 is 10.5. The zero-order valence-electron chi connectivity index (χ0n) is 14.1. The Morgan fingerprint density at radius 2 is 2.04 bits per heavy atom. The number of benzene rings is 1. The van der Waals surface area contributed by atoms with E-state index in [-0.39, 0.29) is 0 Å². The molecule has 1 aromatic carbocycles. The highest BCUT2D eigenvalue weighted by Gasteiger charge is 2.13. The van der Waals surface area contributed by atoms with E-state index in [1.807, 2.05) is 18.2 Å². The van der Waals surface area contributed by atoms with Gasteiger partial charge < -0.3 is 19.8 Å². The molecule has 26 heavy (non-hydrogen) atoms. The summed E-state index contributed by atoms with van der Waals surface area (Å²) in [4.78, 5) is 28.0. The standard InChI is InChI=1S/C19H19N3O4/c23-18(21-9-3-10-25-13-16-5-2-11-26-16)19(24)22-15-6-7-17-14(12-15)4-1-8-20-17/h1-2,4-8,11-12H,3,9-10,13H2,(H,21,23)(H,22,24). The van der Waals surface area contributed by atoms with E-state index in [2.05, 4.69) is 15.6 Å². The van der Waals surface area contributed by atoms with Crippen LogP contribution in [0, 0.1) is 0 Å². The lowest BCUT2D eigenvalue weighted by Gasteiger charge is -2.07. The summed E-state index contributed by atoms with van der Waals surface area (Å²) in [6.45, 7) is 1.20. The molecule has 7 heteroatoms.